The minimum Gasteiger partial charge on any atom is -0.444 e. The van der Waals surface area contributed by atoms with E-state index < -0.39 is 17.2 Å². The van der Waals surface area contributed by atoms with Crippen LogP contribution in [-0.4, -0.2) is 27.0 Å². The Bertz CT molecular complexity index is 1090. The molecule has 1 amide bonds. The number of carbonyl (C=O) groups excluding carboxylic acids is 1. The van der Waals surface area contributed by atoms with E-state index in [0.29, 0.717) is 17.9 Å². The second-order valence-electron chi connectivity index (χ2n) is 8.48. The van der Waals surface area contributed by atoms with Gasteiger partial charge in [-0.25, -0.2) is 14.2 Å². The summed E-state index contributed by atoms with van der Waals surface area (Å²) < 4.78 is 21.7. The highest BCUT2D eigenvalue weighted by atomic mass is 32.2. The lowest BCUT2D eigenvalue weighted by Gasteiger charge is -2.39. The van der Waals surface area contributed by atoms with Crippen molar-refractivity contribution in [3.63, 3.8) is 0 Å². The molecule has 2 aromatic carbocycles. The number of ether oxygens (including phenoxy) is 1. The Hall–Kier alpha value is -2.54. The summed E-state index contributed by atoms with van der Waals surface area (Å²) in [7, 11) is 0. The number of benzene rings is 2. The van der Waals surface area contributed by atoms with Gasteiger partial charge in [0, 0.05) is 5.75 Å². The molecule has 2 heterocycles. The lowest BCUT2D eigenvalue weighted by atomic mass is 9.91. The average Bonchev–Trinajstić information content (AvgIpc) is 2.96. The predicted molar refractivity (Wildman–Crippen MR) is 113 cm³/mol. The standard InChI is InChI=1S/C22H24FN3O2S/c1-14-8-9-18-17(10-14)24-19-26(18)12-22(13-29-19,15-6-5-7-16(23)11-15)25-20(27)28-21(2,3)4/h5-11H,12-13H2,1-4H3,(H,25,27). The van der Waals surface area contributed by atoms with E-state index in [0.717, 1.165) is 21.8 Å². The van der Waals surface area contributed by atoms with E-state index in [4.69, 9.17) is 9.72 Å². The summed E-state index contributed by atoms with van der Waals surface area (Å²) in [6.07, 6.45) is -0.522. The van der Waals surface area contributed by atoms with Crippen LogP contribution < -0.4 is 5.32 Å². The van der Waals surface area contributed by atoms with Gasteiger partial charge in [0.15, 0.2) is 5.16 Å². The van der Waals surface area contributed by atoms with Crippen molar-refractivity contribution in [1.82, 2.24) is 14.9 Å². The fraction of sp³-hybridized carbons (Fsp3) is 0.364. The molecule has 0 radical (unpaired) electrons. The molecule has 1 aliphatic rings. The number of thioether (sulfide) groups is 1. The van der Waals surface area contributed by atoms with Crippen LogP contribution in [0.5, 0.6) is 0 Å². The van der Waals surface area contributed by atoms with Crippen molar-refractivity contribution in [1.29, 1.82) is 0 Å². The van der Waals surface area contributed by atoms with Crippen LogP contribution in [0.1, 0.15) is 31.9 Å². The van der Waals surface area contributed by atoms with Gasteiger partial charge >= 0.3 is 6.09 Å². The minimum atomic E-state index is -0.819. The Kier molecular flexibility index (Phi) is 4.81. The fourth-order valence-corrected chi connectivity index (χ4v) is 4.78. The Morgan fingerprint density at radius 3 is 2.79 bits per heavy atom. The number of hydrogen-bond acceptors (Lipinski definition) is 4. The van der Waals surface area contributed by atoms with Gasteiger partial charge in [-0.05, 0) is 63.1 Å². The minimum absolute atomic E-state index is 0.338. The van der Waals surface area contributed by atoms with E-state index in [9.17, 15) is 9.18 Å². The van der Waals surface area contributed by atoms with Crippen LogP contribution in [0.2, 0.25) is 0 Å². The number of hydrogen-bond donors (Lipinski definition) is 1. The third-order valence-corrected chi connectivity index (χ3v) is 6.07. The number of imidazole rings is 1. The monoisotopic (exact) mass is 413 g/mol. The molecule has 5 nitrogen and oxygen atoms in total. The number of halogens is 1. The van der Waals surface area contributed by atoms with Crippen molar-refractivity contribution >= 4 is 28.9 Å². The molecule has 0 saturated heterocycles. The largest absolute Gasteiger partial charge is 0.444 e. The maximum atomic E-state index is 14.1. The third kappa shape index (κ3) is 3.96. The maximum absolute atomic E-state index is 14.1. The third-order valence-electron chi connectivity index (χ3n) is 4.86. The highest BCUT2D eigenvalue weighted by molar-refractivity contribution is 7.99. The van der Waals surface area contributed by atoms with Crippen LogP contribution >= 0.6 is 11.8 Å². The van der Waals surface area contributed by atoms with Crippen molar-refractivity contribution in [2.75, 3.05) is 5.75 Å². The highest BCUT2D eigenvalue weighted by Crippen LogP contribution is 2.39. The molecule has 0 saturated carbocycles. The number of aromatic nitrogens is 2. The zero-order valence-electron chi connectivity index (χ0n) is 17.0. The molecule has 152 valence electrons. The van der Waals surface area contributed by atoms with Crippen LogP contribution in [0.3, 0.4) is 0 Å². The summed E-state index contributed by atoms with van der Waals surface area (Å²) in [5.74, 6) is 0.188. The van der Waals surface area contributed by atoms with E-state index in [-0.39, 0.29) is 5.82 Å². The number of aryl methyl sites for hydroxylation is 1. The first-order valence-electron chi connectivity index (χ1n) is 9.52. The molecule has 1 N–H and O–H groups in total. The Balaban J connectivity index is 1.78. The average molecular weight is 414 g/mol. The van der Waals surface area contributed by atoms with Gasteiger partial charge in [-0.1, -0.05) is 30.0 Å². The molecule has 29 heavy (non-hydrogen) atoms. The molecule has 4 rings (SSSR count). The smallest absolute Gasteiger partial charge is 0.408 e. The van der Waals surface area contributed by atoms with Gasteiger partial charge in [0.05, 0.1) is 23.1 Å². The predicted octanol–water partition coefficient (Wildman–Crippen LogP) is 5.01. The van der Waals surface area contributed by atoms with E-state index >= 15 is 0 Å². The van der Waals surface area contributed by atoms with Crippen molar-refractivity contribution in [2.24, 2.45) is 0 Å². The molecule has 0 fully saturated rings. The first-order valence-corrected chi connectivity index (χ1v) is 10.5. The quantitative estimate of drug-likeness (QED) is 0.642. The van der Waals surface area contributed by atoms with Crippen LogP contribution in [0.25, 0.3) is 11.0 Å². The lowest BCUT2D eigenvalue weighted by molar-refractivity contribution is 0.0450. The SMILES string of the molecule is Cc1ccc2c(c1)nc1n2CC(NC(=O)OC(C)(C)C)(c2cccc(F)c2)CS1. The molecule has 7 heteroatoms. The van der Waals surface area contributed by atoms with Gasteiger partial charge < -0.3 is 14.6 Å². The van der Waals surface area contributed by atoms with Gasteiger partial charge in [0.1, 0.15) is 11.4 Å². The van der Waals surface area contributed by atoms with Gasteiger partial charge in [0.2, 0.25) is 0 Å². The number of nitrogens with one attached hydrogen (secondary N) is 1. The van der Waals surface area contributed by atoms with E-state index in [1.165, 1.54) is 12.1 Å². The van der Waals surface area contributed by atoms with Crippen molar-refractivity contribution in [3.05, 3.63) is 59.4 Å². The molecule has 1 aliphatic heterocycles. The maximum Gasteiger partial charge on any atom is 0.408 e. The number of amides is 1. The number of alkyl carbamates (subject to hydrolysis) is 1. The molecular weight excluding hydrogens is 389 g/mol. The normalized spacial score (nSPS) is 19.1. The van der Waals surface area contributed by atoms with Crippen LogP contribution in [-0.2, 0) is 16.8 Å². The number of carbonyl (C=O) groups is 1. The van der Waals surface area contributed by atoms with Gasteiger partial charge in [-0.2, -0.15) is 0 Å². The number of fused-ring (bicyclic) bond motifs is 3. The molecule has 0 bridgehead atoms. The van der Waals surface area contributed by atoms with Gasteiger partial charge in [-0.15, -0.1) is 0 Å². The zero-order chi connectivity index (χ0) is 20.8. The van der Waals surface area contributed by atoms with Crippen molar-refractivity contribution < 1.29 is 13.9 Å². The number of nitrogens with zero attached hydrogens (tertiary/aromatic N) is 2. The van der Waals surface area contributed by atoms with Gasteiger partial charge in [0.25, 0.3) is 0 Å². The Labute approximate surface area is 173 Å². The summed E-state index contributed by atoms with van der Waals surface area (Å²) in [5, 5.41) is 3.93. The first kappa shape index (κ1) is 19.8. The van der Waals surface area contributed by atoms with Crippen LogP contribution in [0.4, 0.5) is 9.18 Å². The molecule has 3 aromatic rings. The highest BCUT2D eigenvalue weighted by Gasteiger charge is 2.41. The van der Waals surface area contributed by atoms with E-state index in [2.05, 4.69) is 9.88 Å². The summed E-state index contributed by atoms with van der Waals surface area (Å²) in [6.45, 7) is 7.94. The van der Waals surface area contributed by atoms with Gasteiger partial charge in [-0.3, -0.25) is 0 Å². The lowest BCUT2D eigenvalue weighted by Crippen LogP contribution is -2.53. The topological polar surface area (TPSA) is 56.2 Å². The molecular formula is C22H24FN3O2S. The van der Waals surface area contributed by atoms with Crippen LogP contribution in [0.15, 0.2) is 47.6 Å². The Morgan fingerprint density at radius 1 is 1.28 bits per heavy atom. The fourth-order valence-electron chi connectivity index (χ4n) is 3.59. The first-order chi connectivity index (χ1) is 13.7. The number of rotatable bonds is 2. The molecule has 0 aliphatic carbocycles. The summed E-state index contributed by atoms with van der Waals surface area (Å²) in [4.78, 5) is 17.4. The second kappa shape index (κ2) is 7.06. The zero-order valence-corrected chi connectivity index (χ0v) is 17.8. The second-order valence-corrected chi connectivity index (χ2v) is 9.42. The Morgan fingerprint density at radius 2 is 2.07 bits per heavy atom. The van der Waals surface area contributed by atoms with Crippen molar-refractivity contribution in [2.45, 2.75) is 50.5 Å². The van der Waals surface area contributed by atoms with Crippen molar-refractivity contribution in [3.8, 4) is 0 Å². The summed E-state index contributed by atoms with van der Waals surface area (Å²) in [5.41, 5.74) is 2.31. The molecule has 0 spiro atoms. The van der Waals surface area contributed by atoms with E-state index in [1.807, 2.05) is 52.0 Å². The van der Waals surface area contributed by atoms with Crippen LogP contribution in [0, 0.1) is 12.7 Å². The molecule has 1 aromatic heterocycles. The molecule has 1 unspecified atom stereocenters. The van der Waals surface area contributed by atoms with E-state index in [1.54, 1.807) is 17.8 Å². The summed E-state index contributed by atoms with van der Waals surface area (Å²) in [6, 6.07) is 12.5. The molecule has 1 atom stereocenters. The summed E-state index contributed by atoms with van der Waals surface area (Å²) >= 11 is 1.55.